The second kappa shape index (κ2) is 5.47. The molecule has 120 valence electrons. The number of fused-ring (bicyclic) bond motifs is 1. The number of hydrogen-bond donors (Lipinski definition) is 1. The van der Waals surface area contributed by atoms with E-state index in [1.807, 2.05) is 4.90 Å². The highest BCUT2D eigenvalue weighted by molar-refractivity contribution is 7.88. The van der Waals surface area contributed by atoms with Crippen molar-refractivity contribution in [3.05, 3.63) is 23.9 Å². The molecule has 0 saturated carbocycles. The monoisotopic (exact) mass is 330 g/mol. The number of halogens is 2. The SMILES string of the molecule is CS(=O)(=O)N1CCN(c2cc(C(F)F)cc3[nH]ncc23)CC1. The van der Waals surface area contributed by atoms with E-state index in [4.69, 9.17) is 0 Å². The maximum Gasteiger partial charge on any atom is 0.264 e. The van der Waals surface area contributed by atoms with Crippen molar-refractivity contribution >= 4 is 26.6 Å². The lowest BCUT2D eigenvalue weighted by Crippen LogP contribution is -2.48. The van der Waals surface area contributed by atoms with Gasteiger partial charge in [0.25, 0.3) is 6.43 Å². The molecule has 1 aromatic heterocycles. The number of hydrogen-bond acceptors (Lipinski definition) is 4. The molecule has 0 aliphatic carbocycles. The molecule has 0 atom stereocenters. The van der Waals surface area contributed by atoms with E-state index >= 15 is 0 Å². The fourth-order valence-corrected chi connectivity index (χ4v) is 3.53. The molecule has 6 nitrogen and oxygen atoms in total. The minimum Gasteiger partial charge on any atom is -0.368 e. The predicted molar refractivity (Wildman–Crippen MR) is 79.7 cm³/mol. The first-order valence-electron chi connectivity index (χ1n) is 6.81. The van der Waals surface area contributed by atoms with Crippen molar-refractivity contribution in [1.82, 2.24) is 14.5 Å². The zero-order chi connectivity index (χ0) is 15.9. The van der Waals surface area contributed by atoms with Crippen molar-refractivity contribution in [3.8, 4) is 0 Å². The van der Waals surface area contributed by atoms with Crippen LogP contribution in [0.4, 0.5) is 14.5 Å². The van der Waals surface area contributed by atoms with Gasteiger partial charge in [-0.25, -0.2) is 17.2 Å². The third-order valence-electron chi connectivity index (χ3n) is 3.86. The summed E-state index contributed by atoms with van der Waals surface area (Å²) in [6.45, 7) is 1.61. The Balaban J connectivity index is 1.92. The second-order valence-electron chi connectivity index (χ2n) is 5.32. The number of piperazine rings is 1. The molecular formula is C13H16F2N4O2S. The Bertz CT molecular complexity index is 782. The molecule has 1 aliphatic rings. The molecule has 1 aromatic carbocycles. The number of alkyl halides is 2. The third kappa shape index (κ3) is 2.78. The van der Waals surface area contributed by atoms with E-state index in [2.05, 4.69) is 10.2 Å². The van der Waals surface area contributed by atoms with Gasteiger partial charge in [-0.3, -0.25) is 5.10 Å². The minimum absolute atomic E-state index is 0.0720. The number of H-pyrrole nitrogens is 1. The number of anilines is 1. The number of sulfonamides is 1. The summed E-state index contributed by atoms with van der Waals surface area (Å²) in [4.78, 5) is 1.92. The van der Waals surface area contributed by atoms with Gasteiger partial charge in [-0.2, -0.15) is 9.40 Å². The fraction of sp³-hybridized carbons (Fsp3) is 0.462. The van der Waals surface area contributed by atoms with Crippen molar-refractivity contribution < 1.29 is 17.2 Å². The molecule has 0 bridgehead atoms. The molecule has 1 saturated heterocycles. The van der Waals surface area contributed by atoms with Crippen LogP contribution in [0.1, 0.15) is 12.0 Å². The van der Waals surface area contributed by atoms with Crippen molar-refractivity contribution in [3.63, 3.8) is 0 Å². The Morgan fingerprint density at radius 2 is 1.91 bits per heavy atom. The summed E-state index contributed by atoms with van der Waals surface area (Å²) in [5, 5.41) is 7.38. The van der Waals surface area contributed by atoms with Crippen LogP contribution in [-0.4, -0.2) is 55.4 Å². The normalized spacial score (nSPS) is 17.5. The lowest BCUT2D eigenvalue weighted by atomic mass is 10.1. The molecule has 2 aromatic rings. The van der Waals surface area contributed by atoms with Crippen LogP contribution in [0.25, 0.3) is 10.9 Å². The number of nitrogens with zero attached hydrogens (tertiary/aromatic N) is 3. The zero-order valence-corrected chi connectivity index (χ0v) is 12.8. The summed E-state index contributed by atoms with van der Waals surface area (Å²) in [5.74, 6) is 0. The summed E-state index contributed by atoms with van der Waals surface area (Å²) in [6, 6.07) is 2.85. The smallest absolute Gasteiger partial charge is 0.264 e. The molecule has 0 spiro atoms. The van der Waals surface area contributed by atoms with E-state index in [9.17, 15) is 17.2 Å². The molecule has 3 rings (SSSR count). The van der Waals surface area contributed by atoms with Crippen LogP contribution in [0.5, 0.6) is 0 Å². The molecule has 22 heavy (non-hydrogen) atoms. The predicted octanol–water partition coefficient (Wildman–Crippen LogP) is 1.58. The Kier molecular flexibility index (Phi) is 3.77. The molecular weight excluding hydrogens is 314 g/mol. The topological polar surface area (TPSA) is 69.3 Å². The molecule has 1 fully saturated rings. The second-order valence-corrected chi connectivity index (χ2v) is 7.30. The molecule has 1 N–H and O–H groups in total. The van der Waals surface area contributed by atoms with Gasteiger partial charge in [-0.15, -0.1) is 0 Å². The van der Waals surface area contributed by atoms with Gasteiger partial charge in [0, 0.05) is 42.8 Å². The van der Waals surface area contributed by atoms with Crippen molar-refractivity contribution in [2.75, 3.05) is 37.3 Å². The standard InChI is InChI=1S/C13H16F2N4O2S/c1-22(20,21)19-4-2-18(3-5-19)12-7-9(13(14)15)6-11-10(12)8-16-17-11/h6-8,13H,2-5H2,1H3,(H,16,17). The van der Waals surface area contributed by atoms with Crippen LogP contribution in [0.3, 0.4) is 0 Å². The molecule has 2 heterocycles. The van der Waals surface area contributed by atoms with E-state index in [1.165, 1.54) is 22.7 Å². The molecule has 0 unspecified atom stereocenters. The van der Waals surface area contributed by atoms with Crippen LogP contribution in [0.15, 0.2) is 18.3 Å². The van der Waals surface area contributed by atoms with E-state index in [0.717, 1.165) is 5.39 Å². The lowest BCUT2D eigenvalue weighted by molar-refractivity contribution is 0.151. The van der Waals surface area contributed by atoms with Gasteiger partial charge in [-0.05, 0) is 12.1 Å². The molecule has 1 aliphatic heterocycles. The quantitative estimate of drug-likeness (QED) is 0.928. The van der Waals surface area contributed by atoms with Crippen LogP contribution in [0, 0.1) is 0 Å². The van der Waals surface area contributed by atoms with Gasteiger partial charge in [0.1, 0.15) is 0 Å². The van der Waals surface area contributed by atoms with Crippen LogP contribution >= 0.6 is 0 Å². The highest BCUT2D eigenvalue weighted by atomic mass is 32.2. The summed E-state index contributed by atoms with van der Waals surface area (Å²) >= 11 is 0. The Hall–Kier alpha value is -1.74. The minimum atomic E-state index is -3.22. The first kappa shape index (κ1) is 15.2. The van der Waals surface area contributed by atoms with Gasteiger partial charge in [-0.1, -0.05) is 0 Å². The van der Waals surface area contributed by atoms with Crippen molar-refractivity contribution in [1.29, 1.82) is 0 Å². The maximum atomic E-state index is 13.0. The number of aromatic amines is 1. The highest BCUT2D eigenvalue weighted by Gasteiger charge is 2.25. The average molecular weight is 330 g/mol. The first-order valence-corrected chi connectivity index (χ1v) is 8.66. The number of aromatic nitrogens is 2. The van der Waals surface area contributed by atoms with E-state index < -0.39 is 16.4 Å². The van der Waals surface area contributed by atoms with Crippen LogP contribution in [0.2, 0.25) is 0 Å². The van der Waals surface area contributed by atoms with E-state index in [0.29, 0.717) is 37.4 Å². The van der Waals surface area contributed by atoms with Gasteiger partial charge < -0.3 is 4.90 Å². The summed E-state index contributed by atoms with van der Waals surface area (Å²) < 4.78 is 50.5. The van der Waals surface area contributed by atoms with Crippen LogP contribution < -0.4 is 4.90 Å². The maximum absolute atomic E-state index is 13.0. The molecule has 9 heteroatoms. The van der Waals surface area contributed by atoms with Gasteiger partial charge in [0.15, 0.2) is 0 Å². The van der Waals surface area contributed by atoms with Crippen molar-refractivity contribution in [2.24, 2.45) is 0 Å². The number of nitrogens with one attached hydrogen (secondary N) is 1. The average Bonchev–Trinajstić information content (AvgIpc) is 2.93. The summed E-state index contributed by atoms with van der Waals surface area (Å²) in [6.07, 6.45) is 0.209. The Labute approximate surface area is 126 Å². The molecule has 0 radical (unpaired) electrons. The summed E-state index contributed by atoms with van der Waals surface area (Å²) in [5.41, 5.74) is 1.14. The lowest BCUT2D eigenvalue weighted by Gasteiger charge is -2.35. The third-order valence-corrected chi connectivity index (χ3v) is 5.16. The first-order chi connectivity index (χ1) is 10.4. The Morgan fingerprint density at radius 3 is 2.50 bits per heavy atom. The van der Waals surface area contributed by atoms with Gasteiger partial charge >= 0.3 is 0 Å². The fourth-order valence-electron chi connectivity index (χ4n) is 2.70. The largest absolute Gasteiger partial charge is 0.368 e. The Morgan fingerprint density at radius 1 is 1.23 bits per heavy atom. The van der Waals surface area contributed by atoms with Gasteiger partial charge in [0.2, 0.25) is 10.0 Å². The van der Waals surface area contributed by atoms with Crippen molar-refractivity contribution in [2.45, 2.75) is 6.43 Å². The highest BCUT2D eigenvalue weighted by Crippen LogP contribution is 2.32. The number of benzene rings is 1. The number of rotatable bonds is 3. The zero-order valence-electron chi connectivity index (χ0n) is 12.0. The van der Waals surface area contributed by atoms with E-state index in [-0.39, 0.29) is 5.56 Å². The summed E-state index contributed by atoms with van der Waals surface area (Å²) in [7, 11) is -3.22. The molecule has 0 amide bonds. The van der Waals surface area contributed by atoms with E-state index in [1.54, 1.807) is 6.20 Å². The van der Waals surface area contributed by atoms with Gasteiger partial charge in [0.05, 0.1) is 18.0 Å². The van der Waals surface area contributed by atoms with Crippen LogP contribution in [-0.2, 0) is 10.0 Å².